The number of furan rings is 1. The molecule has 3 unspecified atom stereocenters. The van der Waals surface area contributed by atoms with E-state index in [1.807, 2.05) is 19.7 Å². The van der Waals surface area contributed by atoms with Crippen LogP contribution in [0, 0.1) is 0 Å². The Kier molecular flexibility index (Phi) is 5.45. The number of aromatic nitrogens is 3. The zero-order valence-corrected chi connectivity index (χ0v) is 12.4. The third-order valence-electron chi connectivity index (χ3n) is 3.06. The summed E-state index contributed by atoms with van der Waals surface area (Å²) in [7, 11) is 2.42. The van der Waals surface area contributed by atoms with E-state index in [-0.39, 0.29) is 19.4 Å². The SMILES string of the molecule is C.CC1N=C(N)n2nc(-c3ccco3)nc2C1C.CP. The molecule has 7 heteroatoms. The molecule has 0 radical (unpaired) electrons. The van der Waals surface area contributed by atoms with Crippen LogP contribution in [0.3, 0.4) is 0 Å². The Morgan fingerprint density at radius 3 is 2.65 bits per heavy atom. The third-order valence-corrected chi connectivity index (χ3v) is 3.06. The van der Waals surface area contributed by atoms with Gasteiger partial charge < -0.3 is 10.2 Å². The van der Waals surface area contributed by atoms with Crippen LogP contribution in [0.5, 0.6) is 0 Å². The molecule has 6 nitrogen and oxygen atoms in total. The van der Waals surface area contributed by atoms with E-state index >= 15 is 0 Å². The molecule has 1 aliphatic heterocycles. The van der Waals surface area contributed by atoms with E-state index in [4.69, 9.17) is 10.2 Å². The van der Waals surface area contributed by atoms with Gasteiger partial charge in [-0.2, -0.15) is 4.68 Å². The Balaban J connectivity index is 0.000000639. The molecular weight excluding hydrogens is 273 g/mol. The maximum Gasteiger partial charge on any atom is 0.218 e. The molecule has 110 valence electrons. The Bertz CT molecular complexity index is 576. The number of nitrogens with two attached hydrogens (primary N) is 1. The van der Waals surface area contributed by atoms with Crippen molar-refractivity contribution in [1.29, 1.82) is 0 Å². The fourth-order valence-electron chi connectivity index (χ4n) is 1.89. The monoisotopic (exact) mass is 295 g/mol. The van der Waals surface area contributed by atoms with Crippen LogP contribution < -0.4 is 5.73 Å². The molecule has 3 rings (SSSR count). The summed E-state index contributed by atoms with van der Waals surface area (Å²) in [5.74, 6) is 2.59. The molecule has 0 spiro atoms. The van der Waals surface area contributed by atoms with E-state index in [9.17, 15) is 0 Å². The number of fused-ring (bicyclic) bond motifs is 1. The summed E-state index contributed by atoms with van der Waals surface area (Å²) in [6, 6.07) is 3.75. The largest absolute Gasteiger partial charge is 0.461 e. The van der Waals surface area contributed by atoms with Crippen molar-refractivity contribution in [3.63, 3.8) is 0 Å². The van der Waals surface area contributed by atoms with Gasteiger partial charge in [0, 0.05) is 5.92 Å². The highest BCUT2D eigenvalue weighted by Crippen LogP contribution is 2.26. The fraction of sp³-hybridized carbons (Fsp3) is 0.462. The predicted molar refractivity (Wildman–Crippen MR) is 85.0 cm³/mol. The number of rotatable bonds is 1. The minimum Gasteiger partial charge on any atom is -0.461 e. The van der Waals surface area contributed by atoms with Crippen molar-refractivity contribution in [2.75, 3.05) is 6.66 Å². The molecule has 0 bridgehead atoms. The molecule has 3 heterocycles. The van der Waals surface area contributed by atoms with Crippen LogP contribution in [0.2, 0.25) is 0 Å². The highest BCUT2D eigenvalue weighted by molar-refractivity contribution is 7.15. The van der Waals surface area contributed by atoms with Crippen molar-refractivity contribution in [3.8, 4) is 11.6 Å². The van der Waals surface area contributed by atoms with Crippen LogP contribution in [0.15, 0.2) is 27.8 Å². The van der Waals surface area contributed by atoms with Crippen LogP contribution in [-0.4, -0.2) is 33.4 Å². The average molecular weight is 295 g/mol. The molecule has 0 aliphatic carbocycles. The summed E-state index contributed by atoms with van der Waals surface area (Å²) in [6.07, 6.45) is 1.60. The minimum atomic E-state index is 0. The normalized spacial score (nSPS) is 20.1. The van der Waals surface area contributed by atoms with Crippen molar-refractivity contribution in [2.45, 2.75) is 33.2 Å². The molecule has 0 fully saturated rings. The van der Waals surface area contributed by atoms with Gasteiger partial charge in [-0.05, 0) is 19.1 Å². The van der Waals surface area contributed by atoms with E-state index in [0.29, 0.717) is 17.5 Å². The van der Waals surface area contributed by atoms with E-state index in [2.05, 4.69) is 31.2 Å². The molecular formula is C13H22N5OP. The first-order chi connectivity index (χ1) is 9.16. The van der Waals surface area contributed by atoms with Crippen molar-refractivity contribution >= 4 is 15.2 Å². The number of nitrogens with zero attached hydrogens (tertiary/aromatic N) is 4. The summed E-state index contributed by atoms with van der Waals surface area (Å²) in [4.78, 5) is 8.80. The molecule has 2 N–H and O–H groups in total. The van der Waals surface area contributed by atoms with E-state index in [1.54, 1.807) is 17.0 Å². The molecule has 0 aromatic carbocycles. The zero-order chi connectivity index (χ0) is 14.0. The molecule has 20 heavy (non-hydrogen) atoms. The highest BCUT2D eigenvalue weighted by Gasteiger charge is 2.28. The van der Waals surface area contributed by atoms with Gasteiger partial charge in [-0.15, -0.1) is 14.3 Å². The molecule has 2 aromatic rings. The molecule has 0 saturated carbocycles. The van der Waals surface area contributed by atoms with E-state index < -0.39 is 0 Å². The Hall–Kier alpha value is -1.68. The number of aliphatic imine (C=N–C) groups is 1. The zero-order valence-electron chi connectivity index (χ0n) is 11.2. The van der Waals surface area contributed by atoms with Crippen LogP contribution in [0.4, 0.5) is 0 Å². The van der Waals surface area contributed by atoms with Crippen LogP contribution in [0.1, 0.15) is 33.0 Å². The Labute approximate surface area is 121 Å². The summed E-state index contributed by atoms with van der Waals surface area (Å²) in [5, 5.41) is 4.32. The molecule has 0 saturated heterocycles. The van der Waals surface area contributed by atoms with Gasteiger partial charge in [0.2, 0.25) is 11.8 Å². The first kappa shape index (κ1) is 16.4. The van der Waals surface area contributed by atoms with Crippen molar-refractivity contribution < 1.29 is 4.42 Å². The highest BCUT2D eigenvalue weighted by atomic mass is 31.0. The lowest BCUT2D eigenvalue weighted by atomic mass is 10.0. The predicted octanol–water partition coefficient (Wildman–Crippen LogP) is 2.33. The van der Waals surface area contributed by atoms with E-state index in [0.717, 1.165) is 5.82 Å². The van der Waals surface area contributed by atoms with Crippen molar-refractivity contribution in [3.05, 3.63) is 24.2 Å². The molecule has 0 amide bonds. The quantitative estimate of drug-likeness (QED) is 0.819. The van der Waals surface area contributed by atoms with Crippen LogP contribution in [0.25, 0.3) is 11.6 Å². The second-order valence-corrected chi connectivity index (χ2v) is 4.20. The standard InChI is InChI=1S/C11H13N5O.CH5P.CH4/c1-6-7(2)13-11(12)16-10(6)14-9(15-16)8-4-3-5-17-8;1-2;/h3-7H,1-2H3,(H2,12,13);2H2,1H3;1H4. The number of hydrogen-bond acceptors (Lipinski definition) is 5. The van der Waals surface area contributed by atoms with Crippen LogP contribution in [-0.2, 0) is 0 Å². The average Bonchev–Trinajstić information content (AvgIpc) is 3.07. The Morgan fingerprint density at radius 1 is 1.35 bits per heavy atom. The summed E-state index contributed by atoms with van der Waals surface area (Å²) >= 11 is 0. The molecule has 1 aliphatic rings. The van der Waals surface area contributed by atoms with Gasteiger partial charge in [0.05, 0.1) is 12.3 Å². The van der Waals surface area contributed by atoms with Gasteiger partial charge in [-0.1, -0.05) is 21.0 Å². The van der Waals surface area contributed by atoms with Gasteiger partial charge in [0.15, 0.2) is 5.76 Å². The summed E-state index contributed by atoms with van der Waals surface area (Å²) in [5.41, 5.74) is 5.85. The van der Waals surface area contributed by atoms with Crippen molar-refractivity contribution in [2.24, 2.45) is 10.7 Å². The van der Waals surface area contributed by atoms with Gasteiger partial charge in [0.1, 0.15) is 5.82 Å². The third kappa shape index (κ3) is 2.75. The minimum absolute atomic E-state index is 0. The van der Waals surface area contributed by atoms with Gasteiger partial charge >= 0.3 is 0 Å². The van der Waals surface area contributed by atoms with Gasteiger partial charge in [-0.25, -0.2) is 9.98 Å². The molecule has 3 atom stereocenters. The fourth-order valence-corrected chi connectivity index (χ4v) is 1.89. The lowest BCUT2D eigenvalue weighted by Crippen LogP contribution is -2.34. The van der Waals surface area contributed by atoms with Crippen molar-refractivity contribution in [1.82, 2.24) is 14.8 Å². The second-order valence-electron chi connectivity index (χ2n) is 4.20. The van der Waals surface area contributed by atoms with Gasteiger partial charge in [0.25, 0.3) is 0 Å². The molecule has 2 aromatic heterocycles. The second kappa shape index (κ2) is 6.66. The smallest absolute Gasteiger partial charge is 0.218 e. The first-order valence-electron chi connectivity index (χ1n) is 6.09. The maximum absolute atomic E-state index is 5.85. The lowest BCUT2D eigenvalue weighted by Gasteiger charge is -2.21. The first-order valence-corrected chi connectivity index (χ1v) is 7.24. The van der Waals surface area contributed by atoms with Gasteiger partial charge in [-0.3, -0.25) is 0 Å². The van der Waals surface area contributed by atoms with Crippen LogP contribution >= 0.6 is 9.24 Å². The summed E-state index contributed by atoms with van der Waals surface area (Å²) < 4.78 is 6.86. The number of hydrogen-bond donors (Lipinski definition) is 1. The lowest BCUT2D eigenvalue weighted by molar-refractivity contribution is 0.544. The van der Waals surface area contributed by atoms with E-state index in [1.165, 1.54) is 0 Å². The topological polar surface area (TPSA) is 82.2 Å². The maximum atomic E-state index is 5.85. The summed E-state index contributed by atoms with van der Waals surface area (Å²) in [6.45, 7) is 6.00. The Morgan fingerprint density at radius 2 is 2.05 bits per heavy atom.